The van der Waals surface area contributed by atoms with Gasteiger partial charge >= 0.3 is 0 Å². The molecule has 0 spiro atoms. The number of nitrogens with one attached hydrogen (secondary N) is 2. The van der Waals surface area contributed by atoms with E-state index in [1.807, 2.05) is 0 Å². The molecule has 27 heavy (non-hydrogen) atoms. The van der Waals surface area contributed by atoms with Gasteiger partial charge in [0.15, 0.2) is 5.13 Å². The van der Waals surface area contributed by atoms with Crippen LogP contribution in [0.3, 0.4) is 0 Å². The van der Waals surface area contributed by atoms with Gasteiger partial charge in [-0.05, 0) is 56.4 Å². The monoisotopic (exact) mass is 387 g/mol. The van der Waals surface area contributed by atoms with E-state index in [2.05, 4.69) is 21.7 Å². The smallest absolute Gasteiger partial charge is 0.257 e. The Morgan fingerprint density at radius 2 is 2.00 bits per heavy atom. The molecule has 0 saturated carbocycles. The van der Waals surface area contributed by atoms with E-state index in [-0.39, 0.29) is 18.2 Å². The van der Waals surface area contributed by atoms with E-state index in [0.29, 0.717) is 22.9 Å². The number of benzene rings is 1. The molecule has 0 aliphatic heterocycles. The maximum absolute atomic E-state index is 12.9. The molecule has 7 heteroatoms. The summed E-state index contributed by atoms with van der Waals surface area (Å²) in [7, 11) is 0. The summed E-state index contributed by atoms with van der Waals surface area (Å²) < 4.78 is 12.9. The third-order valence-corrected chi connectivity index (χ3v) is 5.18. The molecule has 2 amide bonds. The van der Waals surface area contributed by atoms with Crippen molar-refractivity contribution in [2.45, 2.75) is 38.5 Å². The number of rotatable bonds is 7. The normalized spacial score (nSPS) is 13.7. The second-order valence-electron chi connectivity index (χ2n) is 6.49. The number of allylic oxidation sites excluding steroid dienone is 1. The highest BCUT2D eigenvalue weighted by Crippen LogP contribution is 2.20. The molecule has 142 valence electrons. The van der Waals surface area contributed by atoms with Gasteiger partial charge in [-0.15, -0.1) is 11.3 Å². The molecule has 1 aliphatic rings. The number of thiazole rings is 1. The van der Waals surface area contributed by atoms with Gasteiger partial charge in [0.1, 0.15) is 5.82 Å². The number of halogens is 1. The Hall–Kier alpha value is -2.54. The van der Waals surface area contributed by atoms with Gasteiger partial charge in [0, 0.05) is 17.5 Å². The predicted octanol–water partition coefficient (Wildman–Crippen LogP) is 4.08. The minimum Gasteiger partial charge on any atom is -0.355 e. The first-order valence-electron chi connectivity index (χ1n) is 9.06. The Labute approximate surface area is 161 Å². The van der Waals surface area contributed by atoms with Gasteiger partial charge in [-0.3, -0.25) is 14.9 Å². The molecule has 0 bridgehead atoms. The van der Waals surface area contributed by atoms with E-state index < -0.39 is 5.82 Å². The summed E-state index contributed by atoms with van der Waals surface area (Å²) in [6, 6.07) is 5.29. The first kappa shape index (κ1) is 19.2. The topological polar surface area (TPSA) is 71.1 Å². The third kappa shape index (κ3) is 5.99. The van der Waals surface area contributed by atoms with Crippen molar-refractivity contribution >= 4 is 28.3 Å². The number of carbonyl (C=O) groups excluding carboxylic acids is 2. The lowest BCUT2D eigenvalue weighted by Gasteiger charge is -2.12. The Kier molecular flexibility index (Phi) is 6.70. The minimum atomic E-state index is -0.395. The first-order valence-corrected chi connectivity index (χ1v) is 9.94. The number of amides is 2. The van der Waals surface area contributed by atoms with Crippen LogP contribution in [0.5, 0.6) is 0 Å². The van der Waals surface area contributed by atoms with Crippen LogP contribution in [-0.2, 0) is 11.2 Å². The fraction of sp³-hybridized carbons (Fsp3) is 0.350. The molecule has 1 aliphatic carbocycles. The van der Waals surface area contributed by atoms with Crippen LogP contribution in [0.25, 0.3) is 0 Å². The van der Waals surface area contributed by atoms with Crippen molar-refractivity contribution in [1.82, 2.24) is 10.3 Å². The highest BCUT2D eigenvalue weighted by Gasteiger charge is 2.12. The quantitative estimate of drug-likeness (QED) is 0.703. The Morgan fingerprint density at radius 3 is 2.74 bits per heavy atom. The number of hydrogen-bond acceptors (Lipinski definition) is 4. The van der Waals surface area contributed by atoms with Crippen LogP contribution in [0, 0.1) is 5.82 Å². The van der Waals surface area contributed by atoms with Crippen molar-refractivity contribution in [3.63, 3.8) is 0 Å². The lowest BCUT2D eigenvalue weighted by atomic mass is 9.97. The third-order valence-electron chi connectivity index (χ3n) is 4.37. The summed E-state index contributed by atoms with van der Waals surface area (Å²) in [5.41, 5.74) is 2.40. The summed E-state index contributed by atoms with van der Waals surface area (Å²) in [5, 5.41) is 7.76. The summed E-state index contributed by atoms with van der Waals surface area (Å²) in [4.78, 5) is 28.4. The summed E-state index contributed by atoms with van der Waals surface area (Å²) in [6.07, 6.45) is 8.16. The summed E-state index contributed by atoms with van der Waals surface area (Å²) in [5.74, 6) is -0.830. The fourth-order valence-corrected chi connectivity index (χ4v) is 3.64. The van der Waals surface area contributed by atoms with Crippen molar-refractivity contribution in [2.24, 2.45) is 0 Å². The minimum absolute atomic E-state index is 0.0758. The molecule has 2 aromatic rings. The van der Waals surface area contributed by atoms with E-state index >= 15 is 0 Å². The zero-order chi connectivity index (χ0) is 19.1. The lowest BCUT2D eigenvalue weighted by molar-refractivity contribution is -0.120. The SMILES string of the molecule is O=C(Cc1csc(NC(=O)c2ccc(F)cc2)n1)NCCC1=CCCCC1. The van der Waals surface area contributed by atoms with Crippen LogP contribution in [0.1, 0.15) is 48.2 Å². The highest BCUT2D eigenvalue weighted by molar-refractivity contribution is 7.14. The van der Waals surface area contributed by atoms with Crippen LogP contribution in [0.15, 0.2) is 41.3 Å². The predicted molar refractivity (Wildman–Crippen MR) is 104 cm³/mol. The van der Waals surface area contributed by atoms with Gasteiger partial charge in [0.2, 0.25) is 5.91 Å². The van der Waals surface area contributed by atoms with Crippen molar-refractivity contribution in [3.8, 4) is 0 Å². The molecule has 0 atom stereocenters. The molecular weight excluding hydrogens is 365 g/mol. The molecule has 3 rings (SSSR count). The van der Waals surface area contributed by atoms with Gasteiger partial charge in [0.25, 0.3) is 5.91 Å². The number of aromatic nitrogens is 1. The molecule has 1 aromatic carbocycles. The summed E-state index contributed by atoms with van der Waals surface area (Å²) in [6.45, 7) is 0.642. The molecule has 0 radical (unpaired) electrons. The molecule has 2 N–H and O–H groups in total. The van der Waals surface area contributed by atoms with Crippen molar-refractivity contribution in [3.05, 3.63) is 58.4 Å². The van der Waals surface area contributed by atoms with Gasteiger partial charge < -0.3 is 5.32 Å². The molecule has 0 fully saturated rings. The van der Waals surface area contributed by atoms with Crippen LogP contribution in [0.2, 0.25) is 0 Å². The maximum atomic E-state index is 12.9. The van der Waals surface area contributed by atoms with Gasteiger partial charge in [-0.2, -0.15) is 0 Å². The fourth-order valence-electron chi connectivity index (χ4n) is 2.94. The molecule has 0 unspecified atom stereocenters. The van der Waals surface area contributed by atoms with Crippen LogP contribution >= 0.6 is 11.3 Å². The maximum Gasteiger partial charge on any atom is 0.257 e. The number of nitrogens with zero attached hydrogens (tertiary/aromatic N) is 1. The Bertz CT molecular complexity index is 830. The lowest BCUT2D eigenvalue weighted by Crippen LogP contribution is -2.26. The molecule has 1 aromatic heterocycles. The van der Waals surface area contributed by atoms with Crippen LogP contribution < -0.4 is 10.6 Å². The molecular formula is C20H22FN3O2S. The molecule has 1 heterocycles. The zero-order valence-corrected chi connectivity index (χ0v) is 15.8. The summed E-state index contributed by atoms with van der Waals surface area (Å²) >= 11 is 1.26. The van der Waals surface area contributed by atoms with Gasteiger partial charge in [-0.1, -0.05) is 11.6 Å². The second-order valence-corrected chi connectivity index (χ2v) is 7.35. The number of anilines is 1. The Morgan fingerprint density at radius 1 is 1.19 bits per heavy atom. The van der Waals surface area contributed by atoms with Crippen LogP contribution in [-0.4, -0.2) is 23.3 Å². The van der Waals surface area contributed by atoms with Crippen molar-refractivity contribution in [1.29, 1.82) is 0 Å². The Balaban J connectivity index is 1.44. The van der Waals surface area contributed by atoms with Crippen molar-refractivity contribution < 1.29 is 14.0 Å². The van der Waals surface area contributed by atoms with Gasteiger partial charge in [0.05, 0.1) is 12.1 Å². The number of carbonyl (C=O) groups is 2. The molecule has 0 saturated heterocycles. The van der Waals surface area contributed by atoms with E-state index in [1.54, 1.807) is 5.38 Å². The largest absolute Gasteiger partial charge is 0.355 e. The van der Waals surface area contributed by atoms with Crippen LogP contribution in [0.4, 0.5) is 9.52 Å². The first-order chi connectivity index (χ1) is 13.1. The van der Waals surface area contributed by atoms with E-state index in [1.165, 1.54) is 54.0 Å². The zero-order valence-electron chi connectivity index (χ0n) is 15.0. The molecule has 5 nitrogen and oxygen atoms in total. The van der Waals surface area contributed by atoms with Gasteiger partial charge in [-0.25, -0.2) is 9.37 Å². The van der Waals surface area contributed by atoms with E-state index in [9.17, 15) is 14.0 Å². The van der Waals surface area contributed by atoms with E-state index in [0.717, 1.165) is 19.3 Å². The standard InChI is InChI=1S/C20H22FN3O2S/c21-16-8-6-15(7-9-16)19(26)24-20-23-17(13-27-20)12-18(25)22-11-10-14-4-2-1-3-5-14/h4,6-9,13H,1-3,5,10-12H2,(H,22,25)(H,23,24,26). The average Bonchev–Trinajstić information content (AvgIpc) is 3.09. The highest BCUT2D eigenvalue weighted by atomic mass is 32.1. The second kappa shape index (κ2) is 9.41. The van der Waals surface area contributed by atoms with E-state index in [4.69, 9.17) is 0 Å². The number of hydrogen-bond donors (Lipinski definition) is 2. The average molecular weight is 387 g/mol. The van der Waals surface area contributed by atoms with Crippen molar-refractivity contribution in [2.75, 3.05) is 11.9 Å².